The molecule has 3 aliphatic rings. The van der Waals surface area contributed by atoms with E-state index in [-0.39, 0.29) is 5.54 Å². The first-order valence-corrected chi connectivity index (χ1v) is 7.51. The maximum absolute atomic E-state index is 6.14. The quantitative estimate of drug-likeness (QED) is 0.796. The number of nitrogens with two attached hydrogens (primary N) is 1. The molecule has 0 aromatic rings. The van der Waals surface area contributed by atoms with E-state index in [0.29, 0.717) is 5.92 Å². The Hall–Kier alpha value is -0.160. The Balaban J connectivity index is 1.71. The Bertz CT molecular complexity index is 293. The van der Waals surface area contributed by atoms with Crippen LogP contribution < -0.4 is 5.73 Å². The highest BCUT2D eigenvalue weighted by molar-refractivity contribution is 4.99. The van der Waals surface area contributed by atoms with Crippen molar-refractivity contribution in [2.45, 2.75) is 37.8 Å². The number of rotatable bonds is 3. The lowest BCUT2D eigenvalue weighted by atomic mass is 9.82. The predicted octanol–water partition coefficient (Wildman–Crippen LogP) is 0.520. The summed E-state index contributed by atoms with van der Waals surface area (Å²) in [6, 6.07) is 0.784. The molecule has 3 rings (SSSR count). The van der Waals surface area contributed by atoms with Gasteiger partial charge in [-0.25, -0.2) is 0 Å². The van der Waals surface area contributed by atoms with Gasteiger partial charge in [-0.05, 0) is 32.7 Å². The van der Waals surface area contributed by atoms with Crippen LogP contribution in [-0.2, 0) is 4.74 Å². The fraction of sp³-hybridized carbons (Fsp3) is 1.00. The zero-order chi connectivity index (χ0) is 12.6. The first-order chi connectivity index (χ1) is 8.74. The minimum Gasteiger partial charge on any atom is -0.381 e. The summed E-state index contributed by atoms with van der Waals surface area (Å²) in [5.41, 5.74) is 6.29. The van der Waals surface area contributed by atoms with Crippen LogP contribution in [0.2, 0.25) is 0 Å². The van der Waals surface area contributed by atoms with Gasteiger partial charge in [0.05, 0.1) is 6.61 Å². The van der Waals surface area contributed by atoms with E-state index in [0.717, 1.165) is 25.8 Å². The lowest BCUT2D eigenvalue weighted by Crippen LogP contribution is -2.63. The van der Waals surface area contributed by atoms with E-state index in [2.05, 4.69) is 16.7 Å². The zero-order valence-electron chi connectivity index (χ0n) is 11.6. The molecule has 0 spiro atoms. The minimum atomic E-state index is 0.144. The second kappa shape index (κ2) is 5.08. The van der Waals surface area contributed by atoms with Crippen LogP contribution in [0.15, 0.2) is 0 Å². The average Bonchev–Trinajstić information content (AvgIpc) is 3.07. The number of fused-ring (bicyclic) bond motifs is 1. The predicted molar refractivity (Wildman–Crippen MR) is 72.6 cm³/mol. The largest absolute Gasteiger partial charge is 0.381 e. The van der Waals surface area contributed by atoms with Crippen LogP contribution in [0.5, 0.6) is 0 Å². The first kappa shape index (κ1) is 12.9. The van der Waals surface area contributed by atoms with Crippen LogP contribution in [0.4, 0.5) is 0 Å². The van der Waals surface area contributed by atoms with E-state index < -0.39 is 0 Å². The van der Waals surface area contributed by atoms with Gasteiger partial charge in [-0.2, -0.15) is 0 Å². The van der Waals surface area contributed by atoms with Gasteiger partial charge in [0.2, 0.25) is 0 Å². The fourth-order valence-electron chi connectivity index (χ4n) is 4.03. The summed E-state index contributed by atoms with van der Waals surface area (Å²) in [4.78, 5) is 5.33. The molecule has 3 aliphatic heterocycles. The molecule has 0 aromatic heterocycles. The van der Waals surface area contributed by atoms with Gasteiger partial charge in [-0.1, -0.05) is 0 Å². The molecule has 3 heterocycles. The van der Waals surface area contributed by atoms with E-state index in [4.69, 9.17) is 10.5 Å². The molecule has 4 heteroatoms. The number of hydrogen-bond donors (Lipinski definition) is 1. The summed E-state index contributed by atoms with van der Waals surface area (Å²) >= 11 is 0. The van der Waals surface area contributed by atoms with Crippen molar-refractivity contribution in [3.8, 4) is 0 Å². The van der Waals surface area contributed by atoms with Crippen LogP contribution in [-0.4, -0.2) is 67.3 Å². The van der Waals surface area contributed by atoms with E-state index in [1.54, 1.807) is 0 Å². The highest BCUT2D eigenvalue weighted by Gasteiger charge is 2.44. The van der Waals surface area contributed by atoms with E-state index in [1.165, 1.54) is 45.4 Å². The van der Waals surface area contributed by atoms with Crippen LogP contribution in [0, 0.1) is 5.92 Å². The van der Waals surface area contributed by atoms with Gasteiger partial charge in [0, 0.05) is 50.3 Å². The highest BCUT2D eigenvalue weighted by atomic mass is 16.5. The van der Waals surface area contributed by atoms with Crippen LogP contribution >= 0.6 is 0 Å². The van der Waals surface area contributed by atoms with Crippen molar-refractivity contribution in [2.75, 3.05) is 45.9 Å². The lowest BCUT2D eigenvalue weighted by Gasteiger charge is -2.49. The van der Waals surface area contributed by atoms with Crippen LogP contribution in [0.25, 0.3) is 0 Å². The fourth-order valence-corrected chi connectivity index (χ4v) is 4.03. The maximum atomic E-state index is 6.14. The summed E-state index contributed by atoms with van der Waals surface area (Å²) in [5, 5.41) is 0. The Morgan fingerprint density at radius 2 is 2.17 bits per heavy atom. The van der Waals surface area contributed by atoms with Crippen molar-refractivity contribution in [2.24, 2.45) is 11.7 Å². The number of piperazine rings is 1. The summed E-state index contributed by atoms with van der Waals surface area (Å²) < 4.78 is 5.59. The van der Waals surface area contributed by atoms with Gasteiger partial charge in [0.15, 0.2) is 0 Å². The zero-order valence-corrected chi connectivity index (χ0v) is 11.6. The van der Waals surface area contributed by atoms with Gasteiger partial charge in [-0.15, -0.1) is 0 Å². The van der Waals surface area contributed by atoms with Gasteiger partial charge in [0.25, 0.3) is 0 Å². The Morgan fingerprint density at radius 3 is 2.89 bits per heavy atom. The number of hydrogen-bond acceptors (Lipinski definition) is 4. The van der Waals surface area contributed by atoms with E-state index in [1.807, 2.05) is 0 Å². The normalized spacial score (nSPS) is 37.7. The molecule has 3 unspecified atom stereocenters. The molecule has 0 radical (unpaired) electrons. The molecule has 3 fully saturated rings. The van der Waals surface area contributed by atoms with Crippen LogP contribution in [0.1, 0.15) is 26.2 Å². The number of nitrogens with zero attached hydrogens (tertiary/aromatic N) is 2. The Morgan fingerprint density at radius 1 is 1.28 bits per heavy atom. The molecule has 3 saturated heterocycles. The van der Waals surface area contributed by atoms with Crippen molar-refractivity contribution in [3.63, 3.8) is 0 Å². The monoisotopic (exact) mass is 253 g/mol. The van der Waals surface area contributed by atoms with E-state index >= 15 is 0 Å². The molecular formula is C14H27N3O. The molecule has 0 aliphatic carbocycles. The van der Waals surface area contributed by atoms with Crippen molar-refractivity contribution >= 4 is 0 Å². The van der Waals surface area contributed by atoms with E-state index in [9.17, 15) is 0 Å². The Labute approximate surface area is 110 Å². The third-order valence-electron chi connectivity index (χ3n) is 5.53. The summed E-state index contributed by atoms with van der Waals surface area (Å²) in [6.45, 7) is 9.87. The standard InChI is InChI=1S/C14H27N3O/c1-14(11-15,12-4-8-18-10-12)17-7-6-16-5-2-3-13(16)9-17/h12-13H,2-11,15H2,1H3. The molecule has 0 amide bonds. The molecule has 0 aromatic carbocycles. The third-order valence-corrected chi connectivity index (χ3v) is 5.53. The van der Waals surface area contributed by atoms with Gasteiger partial charge < -0.3 is 10.5 Å². The maximum Gasteiger partial charge on any atom is 0.0513 e. The van der Waals surface area contributed by atoms with Crippen molar-refractivity contribution in [1.82, 2.24) is 9.80 Å². The van der Waals surface area contributed by atoms with Gasteiger partial charge in [0.1, 0.15) is 0 Å². The molecular weight excluding hydrogens is 226 g/mol. The van der Waals surface area contributed by atoms with Gasteiger partial charge in [-0.3, -0.25) is 9.80 Å². The second-order valence-corrected chi connectivity index (χ2v) is 6.40. The topological polar surface area (TPSA) is 41.7 Å². The number of ether oxygens (including phenoxy) is 1. The molecule has 0 saturated carbocycles. The summed E-state index contributed by atoms with van der Waals surface area (Å²) in [7, 11) is 0. The van der Waals surface area contributed by atoms with Crippen molar-refractivity contribution in [1.29, 1.82) is 0 Å². The lowest BCUT2D eigenvalue weighted by molar-refractivity contribution is -0.00766. The molecule has 4 nitrogen and oxygen atoms in total. The SMILES string of the molecule is CC(CN)(C1CCOC1)N1CCN2CCCC2C1. The molecule has 104 valence electrons. The minimum absolute atomic E-state index is 0.144. The smallest absolute Gasteiger partial charge is 0.0513 e. The Kier molecular flexibility index (Phi) is 3.63. The average molecular weight is 253 g/mol. The first-order valence-electron chi connectivity index (χ1n) is 7.51. The molecule has 3 atom stereocenters. The second-order valence-electron chi connectivity index (χ2n) is 6.40. The molecule has 0 bridgehead atoms. The van der Waals surface area contributed by atoms with Crippen molar-refractivity contribution < 1.29 is 4.74 Å². The molecule has 18 heavy (non-hydrogen) atoms. The summed E-state index contributed by atoms with van der Waals surface area (Å²) in [6.07, 6.45) is 3.93. The third kappa shape index (κ3) is 2.09. The summed E-state index contributed by atoms with van der Waals surface area (Å²) in [5.74, 6) is 0.621. The van der Waals surface area contributed by atoms with Crippen LogP contribution in [0.3, 0.4) is 0 Å². The van der Waals surface area contributed by atoms with Gasteiger partial charge >= 0.3 is 0 Å². The van der Waals surface area contributed by atoms with Crippen molar-refractivity contribution in [3.05, 3.63) is 0 Å². The highest BCUT2D eigenvalue weighted by Crippen LogP contribution is 2.33. The molecule has 2 N–H and O–H groups in total.